The zero-order valence-corrected chi connectivity index (χ0v) is 4.63. The number of carboxylic acid groups (broad SMARTS) is 1. The first kappa shape index (κ1) is 3.67. The van der Waals surface area contributed by atoms with Gasteiger partial charge in [0, 0.05) is 0 Å². The molecule has 0 amide bonds. The first-order valence-electron chi connectivity index (χ1n) is 3.39. The third-order valence-corrected chi connectivity index (χ3v) is 0.929. The van der Waals surface area contributed by atoms with Crippen LogP contribution in [-0.2, 0) is 0 Å². The van der Waals surface area contributed by atoms with E-state index in [1.54, 1.807) is 12.1 Å². The van der Waals surface area contributed by atoms with Gasteiger partial charge in [0.1, 0.15) is 0 Å². The van der Waals surface area contributed by atoms with Crippen molar-refractivity contribution in [2.45, 2.75) is 0 Å². The lowest BCUT2D eigenvalue weighted by atomic mass is 10.2. The summed E-state index contributed by atoms with van der Waals surface area (Å²) in [5.74, 6) is -0.796. The predicted molar refractivity (Wildman–Crippen MR) is 33.4 cm³/mol. The molecule has 0 aliphatic rings. The maximum atomic E-state index is 10.7. The fourth-order valence-electron chi connectivity index (χ4n) is 0.520. The van der Waals surface area contributed by atoms with Gasteiger partial charge in [-0.25, -0.2) is 4.79 Å². The van der Waals surface area contributed by atoms with Crippen molar-refractivity contribution in [3.8, 4) is 0 Å². The van der Waals surface area contributed by atoms with Crippen LogP contribution in [0.3, 0.4) is 0 Å². The Hall–Kier alpha value is -1.31. The van der Waals surface area contributed by atoms with Crippen molar-refractivity contribution in [1.82, 2.24) is 0 Å². The van der Waals surface area contributed by atoms with Crippen molar-refractivity contribution in [2.75, 3.05) is 0 Å². The average Bonchev–Trinajstić information content (AvgIpc) is 2.04. The third kappa shape index (κ3) is 1.29. The van der Waals surface area contributed by atoms with Gasteiger partial charge < -0.3 is 5.11 Å². The topological polar surface area (TPSA) is 37.3 Å². The Morgan fingerprint density at radius 2 is 2.56 bits per heavy atom. The van der Waals surface area contributed by atoms with Gasteiger partial charge in [-0.1, -0.05) is 18.2 Å². The van der Waals surface area contributed by atoms with Crippen LogP contribution in [-0.4, -0.2) is 11.1 Å². The summed E-state index contributed by atoms with van der Waals surface area (Å²) in [5, 5.41) is 3.71. The van der Waals surface area contributed by atoms with Gasteiger partial charge in [0.15, 0.2) is 0 Å². The molecule has 0 radical (unpaired) electrons. The van der Waals surface area contributed by atoms with E-state index in [-0.39, 0.29) is 11.6 Å². The molecule has 46 valence electrons. The summed E-state index contributed by atoms with van der Waals surface area (Å²) in [5.41, 5.74) is 0.113. The molecular weight excluding hydrogens is 116 g/mol. The molecule has 0 aliphatic carbocycles. The molecule has 0 atom stereocenters. The van der Waals surface area contributed by atoms with E-state index >= 15 is 0 Å². The Morgan fingerprint density at radius 1 is 1.67 bits per heavy atom. The van der Waals surface area contributed by atoms with Crippen LogP contribution in [0.25, 0.3) is 1.43 Å². The molecule has 1 aromatic carbocycles. The largest absolute Gasteiger partial charge is 0.478 e. The Bertz CT molecular complexity index is 273. The van der Waals surface area contributed by atoms with Gasteiger partial charge in [-0.2, -0.15) is 0 Å². The zero-order chi connectivity index (χ0) is 8.27. The second-order valence-corrected chi connectivity index (χ2v) is 1.56. The fourth-order valence-corrected chi connectivity index (χ4v) is 0.520. The van der Waals surface area contributed by atoms with Gasteiger partial charge in [0.2, 0.25) is 0 Å². The van der Waals surface area contributed by atoms with Crippen LogP contribution in [0.1, 0.15) is 11.7 Å². The lowest BCUT2D eigenvalue weighted by Gasteiger charge is -1.88. The van der Waals surface area contributed by atoms with Gasteiger partial charge in [-0.3, -0.25) is 0 Å². The van der Waals surface area contributed by atoms with E-state index in [1.807, 2.05) is 0 Å². The van der Waals surface area contributed by atoms with Gasteiger partial charge >= 0.3 is 5.97 Å². The number of rotatable bonds is 1. The molecule has 0 aromatic heterocycles. The molecule has 0 bridgehead atoms. The Morgan fingerprint density at radius 3 is 3.22 bits per heavy atom. The van der Waals surface area contributed by atoms with Crippen LogP contribution in [0.4, 0.5) is 0 Å². The molecule has 1 rings (SSSR count). The van der Waals surface area contributed by atoms with E-state index in [1.165, 1.54) is 12.1 Å². The summed E-state index contributed by atoms with van der Waals surface area (Å²) in [7, 11) is 0. The molecule has 0 unspecified atom stereocenters. The second kappa shape index (κ2) is 2.31. The molecule has 1 aromatic rings. The van der Waals surface area contributed by atoms with Crippen LogP contribution in [0.15, 0.2) is 30.3 Å². The van der Waals surface area contributed by atoms with Crippen molar-refractivity contribution in [3.63, 3.8) is 0 Å². The molecule has 2 nitrogen and oxygen atoms in total. The molecule has 0 fully saturated rings. The van der Waals surface area contributed by atoms with Crippen molar-refractivity contribution in [3.05, 3.63) is 35.9 Å². The molecule has 0 aliphatic heterocycles. The Balaban J connectivity index is 3.03. The number of carbonyl (C=O) groups is 1. The SMILES string of the molecule is [2H]OC(=O)c1ccccc1[2H]. The first-order valence-corrected chi connectivity index (χ1v) is 2.49. The number of benzene rings is 1. The molecule has 0 spiro atoms. The van der Waals surface area contributed by atoms with Gasteiger partial charge in [0.25, 0.3) is 1.43 Å². The van der Waals surface area contributed by atoms with E-state index < -0.39 is 5.97 Å². The minimum Gasteiger partial charge on any atom is -0.478 e. The van der Waals surface area contributed by atoms with Gasteiger partial charge in [0.05, 0.1) is 6.93 Å². The highest BCUT2D eigenvalue weighted by atomic mass is 16.4. The van der Waals surface area contributed by atoms with Crippen LogP contribution in [0.5, 0.6) is 0 Å². The highest BCUT2D eigenvalue weighted by Crippen LogP contribution is 1.96. The van der Waals surface area contributed by atoms with Crippen LogP contribution in [0.2, 0.25) is 0 Å². The standard InChI is InChI=1S/C7H6O2/c8-7(9)6-4-2-1-3-5-6/h1-5H,(H,8,9)/i4D/hD. The van der Waals surface area contributed by atoms with E-state index in [0.29, 0.717) is 0 Å². The van der Waals surface area contributed by atoms with Crippen molar-refractivity contribution < 1.29 is 11.3 Å². The minimum absolute atomic E-state index is 0.0738. The second-order valence-electron chi connectivity index (χ2n) is 1.56. The number of aromatic carboxylic acids is 1. The highest BCUT2D eigenvalue weighted by molar-refractivity contribution is 5.87. The lowest BCUT2D eigenvalue weighted by Crippen LogP contribution is -1.93. The molecule has 0 heterocycles. The summed E-state index contributed by atoms with van der Waals surface area (Å²) < 4.78 is 13.5. The van der Waals surface area contributed by atoms with Crippen LogP contribution in [0, 0.1) is 0 Å². The number of hydrogen-bond acceptors (Lipinski definition) is 2. The molecule has 1 N–H and O–H groups in total. The molecule has 2 heteroatoms. The summed E-state index contributed by atoms with van der Waals surface area (Å²) in [4.78, 5) is 10.7. The molecule has 0 saturated carbocycles. The first-order chi connectivity index (χ1) is 5.25. The lowest BCUT2D eigenvalue weighted by molar-refractivity contribution is 0.0697. The van der Waals surface area contributed by atoms with E-state index in [9.17, 15) is 4.79 Å². The molecule has 0 saturated heterocycles. The summed E-state index contributed by atoms with van der Waals surface area (Å²) in [6, 6.07) is 6.24. The molecule has 9 heavy (non-hydrogen) atoms. The van der Waals surface area contributed by atoms with Gasteiger partial charge in [-0.15, -0.1) is 0 Å². The number of hydrogen-bond donors (Lipinski definition) is 1. The van der Waals surface area contributed by atoms with Gasteiger partial charge in [-0.05, 0) is 12.1 Å². The van der Waals surface area contributed by atoms with Crippen LogP contribution >= 0.6 is 0 Å². The minimum atomic E-state index is -0.796. The fraction of sp³-hybridized carbons (Fsp3) is 0. The Labute approximate surface area is 55.6 Å². The third-order valence-electron chi connectivity index (χ3n) is 0.929. The van der Waals surface area contributed by atoms with Crippen molar-refractivity contribution in [1.29, 1.82) is 1.43 Å². The normalized spacial score (nSPS) is 11.6. The monoisotopic (exact) mass is 124 g/mol. The maximum Gasteiger partial charge on any atom is 0.335 e. The number of carboxylic acids is 1. The molecular formula is C7H6O2. The predicted octanol–water partition coefficient (Wildman–Crippen LogP) is 1.38. The average molecular weight is 124 g/mol. The Kier molecular flexibility index (Phi) is 0.939. The highest BCUT2D eigenvalue weighted by Gasteiger charge is 1.96. The smallest absolute Gasteiger partial charge is 0.335 e. The van der Waals surface area contributed by atoms with E-state index in [0.717, 1.165) is 0 Å². The van der Waals surface area contributed by atoms with Crippen molar-refractivity contribution in [2.24, 2.45) is 0 Å². The zero-order valence-electron chi connectivity index (χ0n) is 6.63. The quantitative estimate of drug-likeness (QED) is 0.614. The summed E-state index contributed by atoms with van der Waals surface area (Å²) in [6.07, 6.45) is 0. The van der Waals surface area contributed by atoms with E-state index in [4.69, 9.17) is 2.80 Å². The van der Waals surface area contributed by atoms with E-state index in [2.05, 4.69) is 5.11 Å². The van der Waals surface area contributed by atoms with Crippen LogP contribution < -0.4 is 0 Å². The maximum absolute atomic E-state index is 10.7. The summed E-state index contributed by atoms with van der Waals surface area (Å²) >= 11 is 0. The summed E-state index contributed by atoms with van der Waals surface area (Å²) in [6.45, 7) is 0. The van der Waals surface area contributed by atoms with Crippen molar-refractivity contribution >= 4 is 5.97 Å².